The van der Waals surface area contributed by atoms with Gasteiger partial charge in [-0.25, -0.2) is 0 Å². The maximum absolute atomic E-state index is 12.1. The Morgan fingerprint density at radius 2 is 1.96 bits per heavy atom. The number of nitrogens with one attached hydrogen (secondary N) is 1. The highest BCUT2D eigenvalue weighted by Crippen LogP contribution is 2.29. The number of thioether (sulfide) groups is 1. The van der Waals surface area contributed by atoms with E-state index in [1.54, 1.807) is 24.3 Å². The maximum Gasteiger partial charge on any atom is 0.277 e. The van der Waals surface area contributed by atoms with E-state index in [2.05, 4.69) is 15.5 Å². The molecule has 1 aromatic heterocycles. The van der Waals surface area contributed by atoms with Crippen LogP contribution in [0.25, 0.3) is 11.5 Å². The number of hydrogen-bond donors (Lipinski definition) is 1. The van der Waals surface area contributed by atoms with Gasteiger partial charge in [0.2, 0.25) is 11.8 Å². The number of hydrogen-bond acceptors (Lipinski definition) is 5. The molecule has 0 aliphatic heterocycles. The van der Waals surface area contributed by atoms with Crippen LogP contribution in [0.1, 0.15) is 5.56 Å². The summed E-state index contributed by atoms with van der Waals surface area (Å²) in [7, 11) is 0. The summed E-state index contributed by atoms with van der Waals surface area (Å²) >= 11 is 13.3. The summed E-state index contributed by atoms with van der Waals surface area (Å²) in [5.41, 5.74) is 2.25. The van der Waals surface area contributed by atoms with Crippen LogP contribution in [0.5, 0.6) is 0 Å². The molecule has 0 saturated heterocycles. The van der Waals surface area contributed by atoms with Crippen LogP contribution in [-0.2, 0) is 4.79 Å². The quantitative estimate of drug-likeness (QED) is 0.611. The number of carbonyl (C=O) groups excluding carboxylic acids is 1. The maximum atomic E-state index is 12.1. The van der Waals surface area contributed by atoms with Gasteiger partial charge in [0.15, 0.2) is 0 Å². The van der Waals surface area contributed by atoms with E-state index in [0.717, 1.165) is 17.3 Å². The highest BCUT2D eigenvalue weighted by molar-refractivity contribution is 7.99. The second kappa shape index (κ2) is 7.91. The van der Waals surface area contributed by atoms with Crippen molar-refractivity contribution < 1.29 is 9.21 Å². The molecule has 1 amide bonds. The van der Waals surface area contributed by atoms with Gasteiger partial charge in [-0.15, -0.1) is 10.2 Å². The standard InChI is InChI=1S/C17H13Cl2N3O2S/c1-10-6-7-14(13(19)8-10)20-15(23)9-25-17-22-21-16(24-17)11-4-2-3-5-12(11)18/h2-8H,9H2,1H3,(H,20,23). The second-order valence-corrected chi connectivity index (χ2v) is 6.91. The molecule has 0 bridgehead atoms. The third-order valence-electron chi connectivity index (χ3n) is 3.24. The van der Waals surface area contributed by atoms with Crippen molar-refractivity contribution in [1.82, 2.24) is 10.2 Å². The van der Waals surface area contributed by atoms with E-state index in [-0.39, 0.29) is 11.7 Å². The van der Waals surface area contributed by atoms with E-state index in [1.807, 2.05) is 25.1 Å². The minimum atomic E-state index is -0.215. The molecule has 0 aliphatic rings. The van der Waals surface area contributed by atoms with Crippen molar-refractivity contribution >= 4 is 46.6 Å². The van der Waals surface area contributed by atoms with Crippen molar-refractivity contribution in [3.8, 4) is 11.5 Å². The molecule has 3 rings (SSSR count). The second-order valence-electron chi connectivity index (χ2n) is 5.17. The Labute approximate surface area is 158 Å². The first-order chi connectivity index (χ1) is 12.0. The lowest BCUT2D eigenvalue weighted by Gasteiger charge is -2.06. The average molecular weight is 394 g/mol. The first-order valence-electron chi connectivity index (χ1n) is 7.30. The van der Waals surface area contributed by atoms with Crippen LogP contribution < -0.4 is 5.32 Å². The van der Waals surface area contributed by atoms with E-state index in [0.29, 0.717) is 32.4 Å². The highest BCUT2D eigenvalue weighted by Gasteiger charge is 2.14. The van der Waals surface area contributed by atoms with Gasteiger partial charge in [-0.2, -0.15) is 0 Å². The number of aromatic nitrogens is 2. The van der Waals surface area contributed by atoms with Gasteiger partial charge in [0.25, 0.3) is 5.22 Å². The molecule has 8 heteroatoms. The zero-order valence-electron chi connectivity index (χ0n) is 13.1. The number of amides is 1. The fraction of sp³-hybridized carbons (Fsp3) is 0.118. The lowest BCUT2D eigenvalue weighted by Crippen LogP contribution is -2.14. The van der Waals surface area contributed by atoms with Gasteiger partial charge in [-0.05, 0) is 36.8 Å². The van der Waals surface area contributed by atoms with E-state index in [9.17, 15) is 4.79 Å². The van der Waals surface area contributed by atoms with E-state index < -0.39 is 0 Å². The van der Waals surface area contributed by atoms with E-state index >= 15 is 0 Å². The molecule has 2 aromatic carbocycles. The Kier molecular flexibility index (Phi) is 5.63. The number of carbonyl (C=O) groups is 1. The van der Waals surface area contributed by atoms with Crippen LogP contribution in [0.15, 0.2) is 52.1 Å². The van der Waals surface area contributed by atoms with Gasteiger partial charge in [-0.3, -0.25) is 4.79 Å². The molecule has 1 N–H and O–H groups in total. The minimum Gasteiger partial charge on any atom is -0.411 e. The molecular weight excluding hydrogens is 381 g/mol. The van der Waals surface area contributed by atoms with Crippen molar-refractivity contribution in [2.75, 3.05) is 11.1 Å². The zero-order chi connectivity index (χ0) is 17.8. The van der Waals surface area contributed by atoms with Gasteiger partial charge < -0.3 is 9.73 Å². The summed E-state index contributed by atoms with van der Waals surface area (Å²) in [4.78, 5) is 12.1. The van der Waals surface area contributed by atoms with Gasteiger partial charge in [0.1, 0.15) is 0 Å². The lowest BCUT2D eigenvalue weighted by molar-refractivity contribution is -0.113. The molecule has 1 heterocycles. The summed E-state index contributed by atoms with van der Waals surface area (Å²) in [5.74, 6) is 0.220. The van der Waals surface area contributed by atoms with Gasteiger partial charge in [-0.1, -0.05) is 53.2 Å². The predicted octanol–water partition coefficient (Wildman–Crippen LogP) is 5.08. The number of rotatable bonds is 5. The SMILES string of the molecule is Cc1ccc(NC(=O)CSc2nnc(-c3ccccc3Cl)o2)c(Cl)c1. The Balaban J connectivity index is 1.60. The van der Waals surface area contributed by atoms with Crippen LogP contribution in [-0.4, -0.2) is 21.9 Å². The fourth-order valence-electron chi connectivity index (χ4n) is 2.05. The number of benzene rings is 2. The first-order valence-corrected chi connectivity index (χ1v) is 9.04. The molecule has 128 valence electrons. The first kappa shape index (κ1) is 17.8. The van der Waals surface area contributed by atoms with Crippen molar-refractivity contribution in [2.45, 2.75) is 12.1 Å². The van der Waals surface area contributed by atoms with Crippen LogP contribution in [0.3, 0.4) is 0 Å². The van der Waals surface area contributed by atoms with Crippen LogP contribution in [0.2, 0.25) is 10.0 Å². The smallest absolute Gasteiger partial charge is 0.277 e. The normalized spacial score (nSPS) is 10.7. The van der Waals surface area contributed by atoms with E-state index in [1.165, 1.54) is 0 Å². The summed E-state index contributed by atoms with van der Waals surface area (Å²) in [6, 6.07) is 12.6. The lowest BCUT2D eigenvalue weighted by atomic mass is 10.2. The third-order valence-corrected chi connectivity index (χ3v) is 4.70. The molecule has 0 saturated carbocycles. The zero-order valence-corrected chi connectivity index (χ0v) is 15.5. The Bertz CT molecular complexity index is 914. The van der Waals surface area contributed by atoms with Crippen LogP contribution in [0, 0.1) is 6.92 Å². The molecular formula is C17H13Cl2N3O2S. The molecule has 0 unspecified atom stereocenters. The number of anilines is 1. The molecule has 0 fully saturated rings. The highest BCUT2D eigenvalue weighted by atomic mass is 35.5. The summed E-state index contributed by atoms with van der Waals surface area (Å²) in [6.45, 7) is 1.93. The molecule has 0 radical (unpaired) electrons. The topological polar surface area (TPSA) is 68.0 Å². The number of nitrogens with zero attached hydrogens (tertiary/aromatic N) is 2. The molecule has 0 spiro atoms. The van der Waals surface area contributed by atoms with Gasteiger partial charge in [0.05, 0.1) is 27.0 Å². The van der Waals surface area contributed by atoms with Crippen LogP contribution in [0.4, 0.5) is 5.69 Å². The summed E-state index contributed by atoms with van der Waals surface area (Å²) in [6.07, 6.45) is 0. The van der Waals surface area contributed by atoms with Gasteiger partial charge in [0, 0.05) is 0 Å². The summed E-state index contributed by atoms with van der Waals surface area (Å²) < 4.78 is 5.54. The Hall–Kier alpha value is -2.02. The monoisotopic (exact) mass is 393 g/mol. The summed E-state index contributed by atoms with van der Waals surface area (Å²) in [5, 5.41) is 11.9. The van der Waals surface area contributed by atoms with Crippen molar-refractivity contribution in [2.24, 2.45) is 0 Å². The molecule has 3 aromatic rings. The fourth-order valence-corrected chi connectivity index (χ4v) is 3.11. The predicted molar refractivity (Wildman–Crippen MR) is 100 cm³/mol. The molecule has 0 atom stereocenters. The molecule has 5 nitrogen and oxygen atoms in total. The number of aryl methyl sites for hydroxylation is 1. The van der Waals surface area contributed by atoms with E-state index in [4.69, 9.17) is 27.6 Å². The number of halogens is 2. The molecule has 0 aliphatic carbocycles. The third kappa shape index (κ3) is 4.54. The minimum absolute atomic E-state index is 0.119. The van der Waals surface area contributed by atoms with Crippen molar-refractivity contribution in [3.05, 3.63) is 58.1 Å². The van der Waals surface area contributed by atoms with Crippen molar-refractivity contribution in [1.29, 1.82) is 0 Å². The Morgan fingerprint density at radius 3 is 2.72 bits per heavy atom. The molecule has 25 heavy (non-hydrogen) atoms. The van der Waals surface area contributed by atoms with Crippen LogP contribution >= 0.6 is 35.0 Å². The Morgan fingerprint density at radius 1 is 1.16 bits per heavy atom. The van der Waals surface area contributed by atoms with Crippen molar-refractivity contribution in [3.63, 3.8) is 0 Å². The van der Waals surface area contributed by atoms with Gasteiger partial charge >= 0.3 is 0 Å². The average Bonchev–Trinajstić information content (AvgIpc) is 3.05. The largest absolute Gasteiger partial charge is 0.411 e.